The summed E-state index contributed by atoms with van der Waals surface area (Å²) in [5.41, 5.74) is 1.21. The number of carbonyl (C=O) groups excluding carboxylic acids is 1. The molecule has 0 bridgehead atoms. The van der Waals surface area contributed by atoms with Gasteiger partial charge in [0.05, 0.1) is 4.88 Å². The maximum absolute atomic E-state index is 12.2. The van der Waals surface area contributed by atoms with Crippen molar-refractivity contribution in [3.05, 3.63) is 21.4 Å². The molecule has 4 heteroatoms. The Bertz CT molecular complexity index is 342. The largest absolute Gasteiger partial charge is 0.338 e. The Labute approximate surface area is 110 Å². The molecule has 0 aliphatic carbocycles. The van der Waals surface area contributed by atoms with Gasteiger partial charge in [-0.3, -0.25) is 4.79 Å². The molecule has 0 N–H and O–H groups in total. The van der Waals surface area contributed by atoms with Crippen LogP contribution in [0.3, 0.4) is 0 Å². The van der Waals surface area contributed by atoms with Crippen LogP contribution in [-0.2, 0) is 0 Å². The number of hydrogen-bond donors (Lipinski definition) is 0. The van der Waals surface area contributed by atoms with E-state index < -0.39 is 0 Å². The standard InChI is InChI=1S/C12H18BrNOS/c1-4-14(7-5-6-13)12(15)11-8-9(2)10(3)16-11/h8H,4-7H2,1-3H3. The van der Waals surface area contributed by atoms with Crippen LogP contribution in [-0.4, -0.2) is 29.2 Å². The van der Waals surface area contributed by atoms with Crippen LogP contribution in [0.5, 0.6) is 0 Å². The second-order valence-electron chi connectivity index (χ2n) is 3.78. The van der Waals surface area contributed by atoms with Gasteiger partial charge in [0.1, 0.15) is 0 Å². The highest BCUT2D eigenvalue weighted by molar-refractivity contribution is 9.09. The van der Waals surface area contributed by atoms with E-state index in [1.54, 1.807) is 11.3 Å². The summed E-state index contributed by atoms with van der Waals surface area (Å²) in [5, 5.41) is 0.944. The summed E-state index contributed by atoms with van der Waals surface area (Å²) in [6.07, 6.45) is 1.00. The van der Waals surface area contributed by atoms with Crippen LogP contribution in [0.4, 0.5) is 0 Å². The molecular formula is C12H18BrNOS. The molecule has 1 amide bonds. The van der Waals surface area contributed by atoms with Crippen LogP contribution in [0.25, 0.3) is 0 Å². The fourth-order valence-electron chi connectivity index (χ4n) is 1.49. The van der Waals surface area contributed by atoms with Gasteiger partial charge in [-0.1, -0.05) is 15.9 Å². The molecule has 1 heterocycles. The summed E-state index contributed by atoms with van der Waals surface area (Å²) in [6.45, 7) is 7.75. The number of carbonyl (C=O) groups is 1. The minimum absolute atomic E-state index is 0.171. The molecule has 90 valence electrons. The fraction of sp³-hybridized carbons (Fsp3) is 0.583. The molecule has 0 spiro atoms. The third-order valence-corrected chi connectivity index (χ3v) is 4.31. The normalized spacial score (nSPS) is 10.5. The van der Waals surface area contributed by atoms with E-state index in [4.69, 9.17) is 0 Å². The molecule has 1 aromatic heterocycles. The van der Waals surface area contributed by atoms with E-state index in [1.807, 2.05) is 17.9 Å². The van der Waals surface area contributed by atoms with E-state index in [-0.39, 0.29) is 5.91 Å². The Hall–Kier alpha value is -0.350. The Morgan fingerprint density at radius 1 is 1.50 bits per heavy atom. The van der Waals surface area contributed by atoms with Crippen molar-refractivity contribution in [3.8, 4) is 0 Å². The van der Waals surface area contributed by atoms with E-state index >= 15 is 0 Å². The van der Waals surface area contributed by atoms with Gasteiger partial charge in [0.2, 0.25) is 0 Å². The van der Waals surface area contributed by atoms with Gasteiger partial charge in [0.15, 0.2) is 0 Å². The highest BCUT2D eigenvalue weighted by Crippen LogP contribution is 2.22. The van der Waals surface area contributed by atoms with E-state index in [2.05, 4.69) is 29.8 Å². The predicted molar refractivity (Wildman–Crippen MR) is 73.8 cm³/mol. The first-order valence-electron chi connectivity index (χ1n) is 5.52. The summed E-state index contributed by atoms with van der Waals surface area (Å²) in [4.78, 5) is 16.2. The van der Waals surface area contributed by atoms with Gasteiger partial charge >= 0.3 is 0 Å². The zero-order valence-corrected chi connectivity index (χ0v) is 12.4. The Kier molecular flexibility index (Phi) is 5.49. The van der Waals surface area contributed by atoms with Gasteiger partial charge in [-0.15, -0.1) is 11.3 Å². The van der Waals surface area contributed by atoms with Crippen molar-refractivity contribution in [3.63, 3.8) is 0 Å². The quantitative estimate of drug-likeness (QED) is 0.761. The zero-order valence-electron chi connectivity index (χ0n) is 10.0. The molecule has 0 unspecified atom stereocenters. The van der Waals surface area contributed by atoms with Crippen LogP contribution in [0.1, 0.15) is 33.5 Å². The highest BCUT2D eigenvalue weighted by atomic mass is 79.9. The zero-order chi connectivity index (χ0) is 12.1. The Morgan fingerprint density at radius 2 is 2.19 bits per heavy atom. The topological polar surface area (TPSA) is 20.3 Å². The first-order chi connectivity index (χ1) is 7.60. The van der Waals surface area contributed by atoms with Crippen molar-refractivity contribution in [1.29, 1.82) is 0 Å². The maximum Gasteiger partial charge on any atom is 0.263 e. The van der Waals surface area contributed by atoms with Gasteiger partial charge in [0.25, 0.3) is 5.91 Å². The average Bonchev–Trinajstić information content (AvgIpc) is 2.60. The lowest BCUT2D eigenvalue weighted by molar-refractivity contribution is 0.0770. The summed E-state index contributed by atoms with van der Waals surface area (Å²) >= 11 is 4.99. The van der Waals surface area contributed by atoms with Gasteiger partial charge in [-0.05, 0) is 38.8 Å². The average molecular weight is 304 g/mol. The third kappa shape index (κ3) is 3.32. The third-order valence-electron chi connectivity index (χ3n) is 2.61. The van der Waals surface area contributed by atoms with Crippen molar-refractivity contribution in [1.82, 2.24) is 4.90 Å². The van der Waals surface area contributed by atoms with Gasteiger partial charge < -0.3 is 4.90 Å². The second-order valence-corrected chi connectivity index (χ2v) is 5.83. The van der Waals surface area contributed by atoms with Gasteiger partial charge in [0, 0.05) is 23.3 Å². The van der Waals surface area contributed by atoms with Crippen LogP contribution in [0.15, 0.2) is 6.07 Å². The molecule has 16 heavy (non-hydrogen) atoms. The monoisotopic (exact) mass is 303 g/mol. The maximum atomic E-state index is 12.2. The number of halogens is 1. The molecule has 0 radical (unpaired) electrons. The Morgan fingerprint density at radius 3 is 2.62 bits per heavy atom. The molecule has 2 nitrogen and oxygen atoms in total. The molecule has 0 aromatic carbocycles. The molecule has 0 fully saturated rings. The van der Waals surface area contributed by atoms with Crippen LogP contribution in [0.2, 0.25) is 0 Å². The number of alkyl halides is 1. The number of nitrogens with zero attached hydrogens (tertiary/aromatic N) is 1. The molecule has 0 atom stereocenters. The lowest BCUT2D eigenvalue weighted by Gasteiger charge is -2.19. The smallest absolute Gasteiger partial charge is 0.263 e. The molecule has 0 saturated heterocycles. The van der Waals surface area contributed by atoms with Crippen molar-refractivity contribution in [2.75, 3.05) is 18.4 Å². The number of thiophene rings is 1. The molecular weight excluding hydrogens is 286 g/mol. The van der Waals surface area contributed by atoms with E-state index in [0.29, 0.717) is 0 Å². The van der Waals surface area contributed by atoms with E-state index in [1.165, 1.54) is 10.4 Å². The SMILES string of the molecule is CCN(CCCBr)C(=O)c1cc(C)c(C)s1. The van der Waals surface area contributed by atoms with Crippen LogP contribution >= 0.6 is 27.3 Å². The second kappa shape index (κ2) is 6.40. The number of hydrogen-bond acceptors (Lipinski definition) is 2. The first kappa shape index (κ1) is 13.7. The summed E-state index contributed by atoms with van der Waals surface area (Å²) in [6, 6.07) is 2.00. The number of rotatable bonds is 5. The minimum Gasteiger partial charge on any atom is -0.338 e. The lowest BCUT2D eigenvalue weighted by Crippen LogP contribution is -2.31. The van der Waals surface area contributed by atoms with Gasteiger partial charge in [-0.25, -0.2) is 0 Å². The van der Waals surface area contributed by atoms with Crippen LogP contribution < -0.4 is 0 Å². The van der Waals surface area contributed by atoms with Crippen molar-refractivity contribution < 1.29 is 4.79 Å². The number of aryl methyl sites for hydroxylation is 2. The lowest BCUT2D eigenvalue weighted by atomic mass is 10.2. The van der Waals surface area contributed by atoms with E-state index in [9.17, 15) is 4.79 Å². The predicted octanol–water partition coefficient (Wildman–Crippen LogP) is 3.61. The first-order valence-corrected chi connectivity index (χ1v) is 7.46. The highest BCUT2D eigenvalue weighted by Gasteiger charge is 2.16. The van der Waals surface area contributed by atoms with Crippen LogP contribution in [0, 0.1) is 13.8 Å². The van der Waals surface area contributed by atoms with Crippen molar-refractivity contribution in [2.24, 2.45) is 0 Å². The summed E-state index contributed by atoms with van der Waals surface area (Å²) in [5.74, 6) is 0.171. The molecule has 0 aliphatic rings. The fourth-order valence-corrected chi connectivity index (χ4v) is 2.74. The minimum atomic E-state index is 0.171. The molecule has 1 rings (SSSR count). The Balaban J connectivity index is 2.74. The molecule has 1 aromatic rings. The molecule has 0 aliphatic heterocycles. The van der Waals surface area contributed by atoms with Gasteiger partial charge in [-0.2, -0.15) is 0 Å². The molecule has 0 saturated carbocycles. The van der Waals surface area contributed by atoms with E-state index in [0.717, 1.165) is 29.7 Å². The van der Waals surface area contributed by atoms with Crippen molar-refractivity contribution in [2.45, 2.75) is 27.2 Å². The number of amides is 1. The summed E-state index contributed by atoms with van der Waals surface area (Å²) < 4.78 is 0. The van der Waals surface area contributed by atoms with Crippen molar-refractivity contribution >= 4 is 33.2 Å². The summed E-state index contributed by atoms with van der Waals surface area (Å²) in [7, 11) is 0.